The van der Waals surface area contributed by atoms with Gasteiger partial charge >= 0.3 is 0 Å². The zero-order valence-electron chi connectivity index (χ0n) is 10.2. The van der Waals surface area contributed by atoms with Crippen molar-refractivity contribution in [3.8, 4) is 45.8 Å². The van der Waals surface area contributed by atoms with Crippen molar-refractivity contribution >= 4 is 10.9 Å². The summed E-state index contributed by atoms with van der Waals surface area (Å²) in [5.74, 6) is -4.86. The molecule has 0 amide bonds. The third-order valence-corrected chi connectivity index (χ3v) is 3.25. The summed E-state index contributed by atoms with van der Waals surface area (Å²) < 4.78 is 0. The van der Waals surface area contributed by atoms with E-state index < -0.39 is 39.9 Å². The molecule has 1 aliphatic heterocycles. The molecule has 1 aromatic carbocycles. The van der Waals surface area contributed by atoms with Crippen molar-refractivity contribution in [3.05, 3.63) is 22.4 Å². The minimum absolute atomic E-state index is 0.0717. The highest BCUT2D eigenvalue weighted by Crippen LogP contribution is 2.45. The molecule has 1 aliphatic carbocycles. The lowest BCUT2D eigenvalue weighted by molar-refractivity contribution is 0.365. The molecule has 1 aromatic rings. The van der Waals surface area contributed by atoms with E-state index in [0.717, 1.165) is 6.07 Å². The molecule has 0 radical (unpaired) electrons. The molecule has 0 atom stereocenters. The Labute approximate surface area is 115 Å². The number of rotatable bonds is 0. The highest BCUT2D eigenvalue weighted by atomic mass is 16.3. The number of hydrogen-bond donors (Lipinski definition) is 7. The van der Waals surface area contributed by atoms with Crippen LogP contribution in [-0.2, 0) is 0 Å². The van der Waals surface area contributed by atoms with Crippen LogP contribution >= 0.6 is 0 Å². The zero-order chi connectivity index (χ0) is 15.5. The highest BCUT2D eigenvalue weighted by molar-refractivity contribution is 5.94. The van der Waals surface area contributed by atoms with Crippen molar-refractivity contribution < 1.29 is 30.6 Å². The van der Waals surface area contributed by atoms with Gasteiger partial charge < -0.3 is 35.6 Å². The predicted octanol–water partition coefficient (Wildman–Crippen LogP) is 0.866. The maximum Gasteiger partial charge on any atom is 0.233 e. The fourth-order valence-electron chi connectivity index (χ4n) is 2.16. The summed E-state index contributed by atoms with van der Waals surface area (Å²) in [6, 6.07) is 2.27. The van der Waals surface area contributed by atoms with Crippen molar-refractivity contribution in [3.63, 3.8) is 0 Å². The largest absolute Gasteiger partial charge is 0.504 e. The Balaban J connectivity index is 2.60. The average molecular weight is 291 g/mol. The van der Waals surface area contributed by atoms with Gasteiger partial charge in [-0.05, 0) is 12.1 Å². The summed E-state index contributed by atoms with van der Waals surface area (Å²) in [6.07, 6.45) is 0. The zero-order valence-corrected chi connectivity index (χ0v) is 10.2. The molecule has 8 nitrogen and oxygen atoms in total. The van der Waals surface area contributed by atoms with Gasteiger partial charge in [0.2, 0.25) is 22.7 Å². The number of hydrogen-bond acceptors (Lipinski definition) is 7. The van der Waals surface area contributed by atoms with Gasteiger partial charge in [-0.2, -0.15) is 0 Å². The Morgan fingerprint density at radius 2 is 1.43 bits per heavy atom. The second kappa shape index (κ2) is 3.85. The molecular weight excluding hydrogens is 282 g/mol. The van der Waals surface area contributed by atoms with Crippen molar-refractivity contribution in [2.45, 2.75) is 0 Å². The number of nitrogens with one attached hydrogen (secondary N) is 1. The topological polar surface area (TPSA) is 154 Å². The van der Waals surface area contributed by atoms with Gasteiger partial charge in [0.25, 0.3) is 0 Å². The molecule has 108 valence electrons. The number of pyridine rings is 1. The first-order valence-corrected chi connectivity index (χ1v) is 5.70. The second-order valence-electron chi connectivity index (χ2n) is 4.49. The van der Waals surface area contributed by atoms with Gasteiger partial charge in [-0.25, -0.2) is 0 Å². The molecule has 0 bridgehead atoms. The second-order valence-corrected chi connectivity index (χ2v) is 4.49. The van der Waals surface area contributed by atoms with E-state index in [-0.39, 0.29) is 22.2 Å². The number of benzene rings is 2. The summed E-state index contributed by atoms with van der Waals surface area (Å²) in [4.78, 5) is 14.3. The number of H-pyrrole nitrogens is 1. The van der Waals surface area contributed by atoms with Gasteiger partial charge in [0.05, 0.1) is 16.8 Å². The SMILES string of the molecule is O=c1c2cc3cc(O)c(O)c(O)c3[nH]c-2c(O)c(O)c1O. The predicted molar refractivity (Wildman–Crippen MR) is 71.2 cm³/mol. The number of phenols is 6. The van der Waals surface area contributed by atoms with Gasteiger partial charge in [-0.3, -0.25) is 4.79 Å². The molecule has 0 unspecified atom stereocenters. The van der Waals surface area contributed by atoms with Gasteiger partial charge in [0.1, 0.15) is 0 Å². The molecule has 21 heavy (non-hydrogen) atoms. The van der Waals surface area contributed by atoms with Gasteiger partial charge in [-0.15, -0.1) is 0 Å². The highest BCUT2D eigenvalue weighted by Gasteiger charge is 2.24. The van der Waals surface area contributed by atoms with Crippen molar-refractivity contribution in [2.24, 2.45) is 0 Å². The van der Waals surface area contributed by atoms with Crippen LogP contribution in [-0.4, -0.2) is 35.6 Å². The first-order chi connectivity index (χ1) is 9.82. The molecule has 0 saturated carbocycles. The molecule has 2 aliphatic rings. The Hall–Kier alpha value is -3.29. The van der Waals surface area contributed by atoms with E-state index >= 15 is 0 Å². The quantitative estimate of drug-likeness (QED) is 0.239. The fourth-order valence-corrected chi connectivity index (χ4v) is 2.16. The molecule has 3 rings (SSSR count). The van der Waals surface area contributed by atoms with Crippen LogP contribution in [0.25, 0.3) is 22.2 Å². The van der Waals surface area contributed by atoms with Gasteiger partial charge in [0, 0.05) is 5.39 Å². The van der Waals surface area contributed by atoms with E-state index in [1.54, 1.807) is 0 Å². The summed E-state index contributed by atoms with van der Waals surface area (Å²) in [5, 5.41) is 57.5. The molecule has 1 heterocycles. The number of aromatic amines is 1. The van der Waals surface area contributed by atoms with E-state index in [1.807, 2.05) is 0 Å². The number of fused-ring (bicyclic) bond motifs is 2. The van der Waals surface area contributed by atoms with Crippen molar-refractivity contribution in [2.75, 3.05) is 0 Å². The Kier molecular flexibility index (Phi) is 2.34. The van der Waals surface area contributed by atoms with Gasteiger partial charge in [0.15, 0.2) is 17.2 Å². The Bertz CT molecular complexity index is 929. The Morgan fingerprint density at radius 3 is 2.10 bits per heavy atom. The molecule has 0 spiro atoms. The minimum atomic E-state index is -1.01. The smallest absolute Gasteiger partial charge is 0.233 e. The van der Waals surface area contributed by atoms with Crippen molar-refractivity contribution in [1.29, 1.82) is 0 Å². The monoisotopic (exact) mass is 291 g/mol. The van der Waals surface area contributed by atoms with E-state index in [2.05, 4.69) is 4.98 Å². The standard InChI is InChI=1S/C13H9NO7/c15-5-2-3-1-4-7(14-6(3)10(18)9(5)17)11(19)13(21)12(20)8(4)16/h1-2,14-15,17-21H. The maximum atomic E-state index is 11.9. The van der Waals surface area contributed by atoms with Crippen LogP contribution in [0.3, 0.4) is 0 Å². The number of aromatic nitrogens is 1. The molecular formula is C13H9NO7. The summed E-state index contributed by atoms with van der Waals surface area (Å²) in [5.41, 5.74) is -1.41. The van der Waals surface area contributed by atoms with E-state index in [1.165, 1.54) is 6.07 Å². The van der Waals surface area contributed by atoms with Crippen LogP contribution in [0.15, 0.2) is 16.9 Å². The molecule has 0 aromatic heterocycles. The van der Waals surface area contributed by atoms with Crippen LogP contribution in [0.5, 0.6) is 34.5 Å². The lowest BCUT2D eigenvalue weighted by Crippen LogP contribution is -2.07. The van der Waals surface area contributed by atoms with Crippen molar-refractivity contribution in [1.82, 2.24) is 4.98 Å². The molecule has 7 N–H and O–H groups in total. The van der Waals surface area contributed by atoms with E-state index in [9.17, 15) is 35.4 Å². The number of phenolic OH excluding ortho intramolecular Hbond substituents is 6. The van der Waals surface area contributed by atoms with Crippen LogP contribution in [0.2, 0.25) is 0 Å². The first kappa shape index (κ1) is 12.7. The maximum absolute atomic E-state index is 11.9. The third-order valence-electron chi connectivity index (χ3n) is 3.25. The van der Waals surface area contributed by atoms with Crippen LogP contribution in [0.1, 0.15) is 0 Å². The van der Waals surface area contributed by atoms with Crippen LogP contribution < -0.4 is 5.43 Å². The van der Waals surface area contributed by atoms with Crippen LogP contribution in [0, 0.1) is 0 Å². The Morgan fingerprint density at radius 1 is 0.762 bits per heavy atom. The van der Waals surface area contributed by atoms with E-state index in [0.29, 0.717) is 0 Å². The first-order valence-electron chi connectivity index (χ1n) is 5.70. The lowest BCUT2D eigenvalue weighted by Gasteiger charge is -2.13. The summed E-state index contributed by atoms with van der Waals surface area (Å²) in [6.45, 7) is 0. The normalized spacial score (nSPS) is 11.2. The summed E-state index contributed by atoms with van der Waals surface area (Å²) in [7, 11) is 0. The molecule has 0 saturated heterocycles. The fraction of sp³-hybridized carbons (Fsp3) is 0. The summed E-state index contributed by atoms with van der Waals surface area (Å²) >= 11 is 0. The minimum Gasteiger partial charge on any atom is -0.504 e. The molecule has 8 heteroatoms. The number of aromatic hydroxyl groups is 6. The van der Waals surface area contributed by atoms with Gasteiger partial charge in [-0.1, -0.05) is 0 Å². The lowest BCUT2D eigenvalue weighted by atomic mass is 10.0. The van der Waals surface area contributed by atoms with E-state index in [4.69, 9.17) is 0 Å². The molecule has 0 fully saturated rings. The third kappa shape index (κ3) is 1.52. The van der Waals surface area contributed by atoms with Crippen LogP contribution in [0.4, 0.5) is 0 Å². The average Bonchev–Trinajstić information content (AvgIpc) is 2.47.